The van der Waals surface area contributed by atoms with Crippen molar-refractivity contribution in [1.82, 2.24) is 5.32 Å². The summed E-state index contributed by atoms with van der Waals surface area (Å²) < 4.78 is 28.4. The highest BCUT2D eigenvalue weighted by Gasteiger charge is 2.30. The Morgan fingerprint density at radius 3 is 2.57 bits per heavy atom. The number of rotatable bonds is 7. The molecule has 1 saturated heterocycles. The van der Waals surface area contributed by atoms with Crippen LogP contribution in [0.4, 0.5) is 0 Å². The van der Waals surface area contributed by atoms with Crippen molar-refractivity contribution in [2.24, 2.45) is 5.92 Å². The van der Waals surface area contributed by atoms with Crippen molar-refractivity contribution >= 4 is 9.84 Å². The van der Waals surface area contributed by atoms with Crippen LogP contribution in [0.25, 0.3) is 0 Å². The molecule has 0 spiro atoms. The summed E-state index contributed by atoms with van der Waals surface area (Å²) in [5.74, 6) is 1.80. The minimum Gasteiger partial charge on any atom is -0.497 e. The Morgan fingerprint density at radius 1 is 1.33 bits per heavy atom. The molecule has 2 unspecified atom stereocenters. The number of sulfone groups is 1. The Kier molecular flexibility index (Phi) is 5.65. The normalized spacial score (nSPS) is 22.1. The molecule has 1 aliphatic rings. The van der Waals surface area contributed by atoms with E-state index in [1.807, 2.05) is 12.1 Å². The van der Waals surface area contributed by atoms with Crippen molar-refractivity contribution in [2.45, 2.75) is 32.2 Å². The molecule has 118 valence electrons. The van der Waals surface area contributed by atoms with Gasteiger partial charge in [-0.3, -0.25) is 0 Å². The van der Waals surface area contributed by atoms with E-state index in [1.165, 1.54) is 5.56 Å². The summed E-state index contributed by atoms with van der Waals surface area (Å²) in [6.45, 7) is 3.08. The molecule has 2 atom stereocenters. The Bertz CT molecular complexity index is 539. The van der Waals surface area contributed by atoms with Crippen molar-refractivity contribution in [3.63, 3.8) is 0 Å². The monoisotopic (exact) mass is 311 g/mol. The molecule has 0 bridgehead atoms. The quantitative estimate of drug-likeness (QED) is 0.841. The van der Waals surface area contributed by atoms with Gasteiger partial charge in [0.15, 0.2) is 9.84 Å². The van der Waals surface area contributed by atoms with Crippen LogP contribution in [0.15, 0.2) is 24.3 Å². The number of methoxy groups -OCH3 is 1. The first kappa shape index (κ1) is 16.3. The lowest BCUT2D eigenvalue weighted by Gasteiger charge is -2.22. The maximum atomic E-state index is 11.6. The minimum atomic E-state index is -2.80. The third kappa shape index (κ3) is 4.71. The lowest BCUT2D eigenvalue weighted by Crippen LogP contribution is -2.25. The van der Waals surface area contributed by atoms with Crippen LogP contribution in [0.5, 0.6) is 5.75 Å². The molecule has 1 N–H and O–H groups in total. The number of hydrogen-bond acceptors (Lipinski definition) is 4. The van der Waals surface area contributed by atoms with Gasteiger partial charge in [-0.15, -0.1) is 0 Å². The zero-order valence-corrected chi connectivity index (χ0v) is 13.7. The minimum absolute atomic E-state index is 0.217. The molecule has 5 heteroatoms. The molecule has 1 aliphatic heterocycles. The summed E-state index contributed by atoms with van der Waals surface area (Å²) in [5.41, 5.74) is 1.20. The van der Waals surface area contributed by atoms with Gasteiger partial charge in [0.1, 0.15) is 5.75 Å². The van der Waals surface area contributed by atoms with Crippen molar-refractivity contribution in [3.05, 3.63) is 29.8 Å². The van der Waals surface area contributed by atoms with E-state index in [0.717, 1.165) is 31.6 Å². The zero-order valence-electron chi connectivity index (χ0n) is 12.8. The van der Waals surface area contributed by atoms with E-state index in [2.05, 4.69) is 24.4 Å². The molecular formula is C16H25NO3S. The summed E-state index contributed by atoms with van der Waals surface area (Å²) in [6.07, 6.45) is 2.74. The van der Waals surface area contributed by atoms with Crippen molar-refractivity contribution in [3.8, 4) is 5.75 Å². The number of ether oxygens (including phenoxy) is 1. The molecule has 1 heterocycles. The van der Waals surface area contributed by atoms with E-state index >= 15 is 0 Å². The average molecular weight is 311 g/mol. The van der Waals surface area contributed by atoms with E-state index < -0.39 is 9.84 Å². The lowest BCUT2D eigenvalue weighted by atomic mass is 9.94. The van der Waals surface area contributed by atoms with Crippen LogP contribution < -0.4 is 10.1 Å². The fourth-order valence-corrected chi connectivity index (χ4v) is 4.76. The van der Waals surface area contributed by atoms with Gasteiger partial charge in [0.05, 0.1) is 18.6 Å². The van der Waals surface area contributed by atoms with Crippen LogP contribution in [0.2, 0.25) is 0 Å². The Morgan fingerprint density at radius 2 is 2.05 bits per heavy atom. The predicted molar refractivity (Wildman–Crippen MR) is 85.4 cm³/mol. The van der Waals surface area contributed by atoms with E-state index in [-0.39, 0.29) is 12.0 Å². The average Bonchev–Trinajstić information content (AvgIpc) is 2.82. The molecule has 0 amide bonds. The molecule has 0 radical (unpaired) electrons. The van der Waals surface area contributed by atoms with E-state index in [4.69, 9.17) is 4.74 Å². The van der Waals surface area contributed by atoms with Crippen LogP contribution >= 0.6 is 0 Å². The topological polar surface area (TPSA) is 55.4 Å². The Hall–Kier alpha value is -1.07. The summed E-state index contributed by atoms with van der Waals surface area (Å²) in [7, 11) is -1.14. The highest BCUT2D eigenvalue weighted by Crippen LogP contribution is 2.29. The molecule has 0 aromatic heterocycles. The molecule has 4 nitrogen and oxygen atoms in total. The van der Waals surface area contributed by atoms with Crippen LogP contribution in [0.1, 0.15) is 37.8 Å². The molecule has 2 rings (SSSR count). The number of hydrogen-bond donors (Lipinski definition) is 1. The van der Waals surface area contributed by atoms with Gasteiger partial charge in [-0.25, -0.2) is 8.42 Å². The second kappa shape index (κ2) is 7.27. The van der Waals surface area contributed by atoms with Gasteiger partial charge < -0.3 is 10.1 Å². The van der Waals surface area contributed by atoms with Crippen molar-refractivity contribution in [2.75, 3.05) is 25.2 Å². The van der Waals surface area contributed by atoms with Gasteiger partial charge >= 0.3 is 0 Å². The standard InChI is InChI=1S/C16H25NO3S/c1-3-9-17-16(11-13-8-10-21(18,19)12-13)14-4-6-15(20-2)7-5-14/h4-7,13,16-17H,3,8-12H2,1-2H3. The van der Waals surface area contributed by atoms with Crippen LogP contribution in [-0.2, 0) is 9.84 Å². The van der Waals surface area contributed by atoms with Crippen molar-refractivity contribution in [1.29, 1.82) is 0 Å². The van der Waals surface area contributed by atoms with E-state index in [9.17, 15) is 8.42 Å². The number of nitrogens with one attached hydrogen (secondary N) is 1. The molecule has 0 saturated carbocycles. The molecule has 1 aromatic rings. The molecule has 21 heavy (non-hydrogen) atoms. The third-order valence-corrected chi connectivity index (χ3v) is 5.89. The van der Waals surface area contributed by atoms with Gasteiger partial charge in [0.25, 0.3) is 0 Å². The Balaban J connectivity index is 2.06. The first-order chi connectivity index (χ1) is 10.0. The van der Waals surface area contributed by atoms with Gasteiger partial charge in [-0.05, 0) is 49.4 Å². The maximum Gasteiger partial charge on any atom is 0.150 e. The molecular weight excluding hydrogens is 286 g/mol. The second-order valence-electron chi connectivity index (χ2n) is 5.78. The maximum absolute atomic E-state index is 11.6. The molecule has 1 fully saturated rings. The lowest BCUT2D eigenvalue weighted by molar-refractivity contribution is 0.408. The zero-order chi connectivity index (χ0) is 15.3. The van der Waals surface area contributed by atoms with Gasteiger partial charge in [0, 0.05) is 6.04 Å². The van der Waals surface area contributed by atoms with Crippen molar-refractivity contribution < 1.29 is 13.2 Å². The van der Waals surface area contributed by atoms with E-state index in [1.54, 1.807) is 7.11 Å². The fourth-order valence-electron chi connectivity index (χ4n) is 2.88. The van der Waals surface area contributed by atoms with E-state index in [0.29, 0.717) is 11.5 Å². The first-order valence-electron chi connectivity index (χ1n) is 7.62. The smallest absolute Gasteiger partial charge is 0.150 e. The highest BCUT2D eigenvalue weighted by molar-refractivity contribution is 7.91. The predicted octanol–water partition coefficient (Wildman–Crippen LogP) is 2.56. The Labute approximate surface area is 127 Å². The van der Waals surface area contributed by atoms with Crippen LogP contribution in [0, 0.1) is 5.92 Å². The van der Waals surface area contributed by atoms with Gasteiger partial charge in [-0.1, -0.05) is 19.1 Å². The van der Waals surface area contributed by atoms with Crippen LogP contribution in [0.3, 0.4) is 0 Å². The van der Waals surface area contributed by atoms with Gasteiger partial charge in [-0.2, -0.15) is 0 Å². The summed E-state index contributed by atoms with van der Waals surface area (Å²) in [4.78, 5) is 0. The summed E-state index contributed by atoms with van der Waals surface area (Å²) in [6, 6.07) is 8.27. The summed E-state index contributed by atoms with van der Waals surface area (Å²) >= 11 is 0. The fraction of sp³-hybridized carbons (Fsp3) is 0.625. The largest absolute Gasteiger partial charge is 0.497 e. The second-order valence-corrected chi connectivity index (χ2v) is 8.01. The number of benzene rings is 1. The molecule has 1 aromatic carbocycles. The third-order valence-electron chi connectivity index (χ3n) is 4.05. The molecule has 0 aliphatic carbocycles. The van der Waals surface area contributed by atoms with Crippen LogP contribution in [-0.4, -0.2) is 33.6 Å². The van der Waals surface area contributed by atoms with Gasteiger partial charge in [0.2, 0.25) is 0 Å². The highest BCUT2D eigenvalue weighted by atomic mass is 32.2. The summed E-state index contributed by atoms with van der Waals surface area (Å²) in [5, 5.41) is 3.54. The first-order valence-corrected chi connectivity index (χ1v) is 9.44. The SMILES string of the molecule is CCCNC(CC1CCS(=O)(=O)C1)c1ccc(OC)cc1.